The molecule has 1 aliphatic heterocycles. The molecule has 2 amide bonds. The average Bonchev–Trinajstić information content (AvgIpc) is 2.60. The summed E-state index contributed by atoms with van der Waals surface area (Å²) in [7, 11) is 1.56. The Bertz CT molecular complexity index is 771. The normalized spacial score (nSPS) is 15.9. The Morgan fingerprint density at radius 3 is 2.77 bits per heavy atom. The average molecular weight is 360 g/mol. The molecule has 0 spiro atoms. The number of benzene rings is 1. The summed E-state index contributed by atoms with van der Waals surface area (Å²) in [5, 5.41) is 19.6. The summed E-state index contributed by atoms with van der Waals surface area (Å²) in [6, 6.07) is 5.89. The summed E-state index contributed by atoms with van der Waals surface area (Å²) in [5.74, 6) is -0.681. The molecule has 0 saturated carbocycles. The van der Waals surface area contributed by atoms with E-state index < -0.39 is 11.0 Å². The van der Waals surface area contributed by atoms with Crippen molar-refractivity contribution < 1.29 is 19.2 Å². The molecule has 0 fully saturated rings. The molecule has 2 rings (SSSR count). The van der Waals surface area contributed by atoms with Gasteiger partial charge in [0, 0.05) is 19.7 Å². The van der Waals surface area contributed by atoms with E-state index in [0.29, 0.717) is 5.69 Å². The molecular weight excluding hydrogens is 340 g/mol. The van der Waals surface area contributed by atoms with Gasteiger partial charge in [-0.1, -0.05) is 13.8 Å². The number of non-ortho nitro benzene ring substituents is 1. The summed E-state index contributed by atoms with van der Waals surface area (Å²) >= 11 is 0. The number of carbonyl (C=O) groups excluding carboxylic acids is 2. The van der Waals surface area contributed by atoms with Crippen LogP contribution >= 0.6 is 0 Å². The van der Waals surface area contributed by atoms with Gasteiger partial charge in [0.05, 0.1) is 29.2 Å². The van der Waals surface area contributed by atoms with Crippen molar-refractivity contribution in [3.05, 3.63) is 28.3 Å². The number of nitriles is 1. The standard InChI is InChI=1S/C17H20N4O5/c1-11(2)16-17(23)20(10-15(22)19(3)8-4-7-18)13-6-5-12(21(24)25)9-14(13)26-16/h5-6,9,11,16H,4,8,10H2,1-3H3. The van der Waals surface area contributed by atoms with E-state index >= 15 is 0 Å². The zero-order chi connectivity index (χ0) is 19.4. The number of hydrogen-bond acceptors (Lipinski definition) is 6. The van der Waals surface area contributed by atoms with Crippen molar-refractivity contribution in [1.82, 2.24) is 4.90 Å². The maximum Gasteiger partial charge on any atom is 0.273 e. The highest BCUT2D eigenvalue weighted by Crippen LogP contribution is 2.38. The lowest BCUT2D eigenvalue weighted by molar-refractivity contribution is -0.384. The second-order valence-corrected chi connectivity index (χ2v) is 6.34. The van der Waals surface area contributed by atoms with Crippen molar-refractivity contribution in [2.24, 2.45) is 5.92 Å². The fourth-order valence-electron chi connectivity index (χ4n) is 2.58. The summed E-state index contributed by atoms with van der Waals surface area (Å²) in [5.41, 5.74) is 0.164. The molecule has 0 bridgehead atoms. The number of hydrogen-bond donors (Lipinski definition) is 0. The molecule has 9 nitrogen and oxygen atoms in total. The van der Waals surface area contributed by atoms with E-state index in [0.717, 1.165) is 0 Å². The molecule has 0 radical (unpaired) electrons. The number of carbonyl (C=O) groups is 2. The van der Waals surface area contributed by atoms with Gasteiger partial charge in [-0.05, 0) is 12.0 Å². The summed E-state index contributed by atoms with van der Waals surface area (Å²) in [6.07, 6.45) is -0.641. The number of likely N-dealkylation sites (N-methyl/N-ethyl adjacent to an activating group) is 1. The van der Waals surface area contributed by atoms with E-state index in [4.69, 9.17) is 10.00 Å². The van der Waals surface area contributed by atoms with Crippen LogP contribution in [0.4, 0.5) is 11.4 Å². The monoisotopic (exact) mass is 360 g/mol. The lowest BCUT2D eigenvalue weighted by Crippen LogP contribution is -2.51. The van der Waals surface area contributed by atoms with Crippen LogP contribution in [0.1, 0.15) is 20.3 Å². The zero-order valence-corrected chi connectivity index (χ0v) is 14.8. The molecule has 1 aromatic carbocycles. The van der Waals surface area contributed by atoms with Crippen molar-refractivity contribution >= 4 is 23.2 Å². The van der Waals surface area contributed by atoms with Crippen LogP contribution < -0.4 is 9.64 Å². The van der Waals surface area contributed by atoms with Crippen LogP contribution in [-0.2, 0) is 9.59 Å². The Morgan fingerprint density at radius 1 is 1.50 bits per heavy atom. The van der Waals surface area contributed by atoms with Gasteiger partial charge in [0.2, 0.25) is 5.91 Å². The summed E-state index contributed by atoms with van der Waals surface area (Å²) in [6.45, 7) is 3.63. The van der Waals surface area contributed by atoms with Gasteiger partial charge >= 0.3 is 0 Å². The molecule has 138 valence electrons. The largest absolute Gasteiger partial charge is 0.478 e. The Kier molecular flexibility index (Phi) is 5.77. The minimum absolute atomic E-state index is 0.155. The maximum absolute atomic E-state index is 12.8. The van der Waals surface area contributed by atoms with Crippen molar-refractivity contribution in [1.29, 1.82) is 5.26 Å². The number of nitrogens with zero attached hydrogens (tertiary/aromatic N) is 4. The molecule has 1 aliphatic rings. The molecule has 1 heterocycles. The number of anilines is 1. The van der Waals surface area contributed by atoms with Gasteiger partial charge < -0.3 is 9.64 Å². The van der Waals surface area contributed by atoms with Gasteiger partial charge in [0.15, 0.2) is 11.9 Å². The Hall–Kier alpha value is -3.15. The fourth-order valence-corrected chi connectivity index (χ4v) is 2.58. The zero-order valence-electron chi connectivity index (χ0n) is 14.8. The summed E-state index contributed by atoms with van der Waals surface area (Å²) < 4.78 is 5.67. The number of amides is 2. The van der Waals surface area contributed by atoms with E-state index in [1.165, 1.54) is 28.0 Å². The number of nitro groups is 1. The van der Waals surface area contributed by atoms with Gasteiger partial charge in [-0.2, -0.15) is 5.26 Å². The van der Waals surface area contributed by atoms with Gasteiger partial charge in [-0.15, -0.1) is 0 Å². The number of rotatable bonds is 6. The lowest BCUT2D eigenvalue weighted by Gasteiger charge is -2.36. The number of nitro benzene ring substituents is 1. The van der Waals surface area contributed by atoms with Crippen molar-refractivity contribution in [3.8, 4) is 11.8 Å². The van der Waals surface area contributed by atoms with Crippen LogP contribution in [0.25, 0.3) is 0 Å². The van der Waals surface area contributed by atoms with Crippen LogP contribution in [0.2, 0.25) is 0 Å². The predicted octanol–water partition coefficient (Wildman–Crippen LogP) is 1.72. The highest BCUT2D eigenvalue weighted by molar-refractivity contribution is 6.04. The fraction of sp³-hybridized carbons (Fsp3) is 0.471. The maximum atomic E-state index is 12.8. The molecule has 26 heavy (non-hydrogen) atoms. The highest BCUT2D eigenvalue weighted by Gasteiger charge is 2.38. The third-order valence-corrected chi connectivity index (χ3v) is 4.09. The second kappa shape index (κ2) is 7.82. The van der Waals surface area contributed by atoms with Crippen LogP contribution in [-0.4, -0.2) is 47.9 Å². The molecule has 1 aromatic rings. The minimum Gasteiger partial charge on any atom is -0.478 e. The van der Waals surface area contributed by atoms with E-state index in [-0.39, 0.29) is 48.7 Å². The van der Waals surface area contributed by atoms with Gasteiger partial charge in [0.1, 0.15) is 6.54 Å². The van der Waals surface area contributed by atoms with Crippen molar-refractivity contribution in [2.45, 2.75) is 26.4 Å². The molecule has 0 aromatic heterocycles. The van der Waals surface area contributed by atoms with Gasteiger partial charge in [-0.25, -0.2) is 0 Å². The van der Waals surface area contributed by atoms with Crippen molar-refractivity contribution in [2.75, 3.05) is 25.0 Å². The van der Waals surface area contributed by atoms with Crippen LogP contribution in [0.5, 0.6) is 5.75 Å². The van der Waals surface area contributed by atoms with Gasteiger partial charge in [0.25, 0.3) is 11.6 Å². The SMILES string of the molecule is CC(C)C1Oc2cc([N+](=O)[O-])ccc2N(CC(=O)N(C)CCC#N)C1=O. The molecule has 1 atom stereocenters. The minimum atomic E-state index is -0.832. The van der Waals surface area contributed by atoms with Crippen LogP contribution in [0.15, 0.2) is 18.2 Å². The van der Waals surface area contributed by atoms with Crippen molar-refractivity contribution in [3.63, 3.8) is 0 Å². The molecule has 0 N–H and O–H groups in total. The van der Waals surface area contributed by atoms with E-state index in [9.17, 15) is 19.7 Å². The molecule has 1 unspecified atom stereocenters. The Morgan fingerprint density at radius 2 is 2.19 bits per heavy atom. The van der Waals surface area contributed by atoms with Crippen LogP contribution in [0.3, 0.4) is 0 Å². The lowest BCUT2D eigenvalue weighted by atomic mass is 10.0. The third-order valence-electron chi connectivity index (χ3n) is 4.09. The third kappa shape index (κ3) is 3.91. The number of fused-ring (bicyclic) bond motifs is 1. The topological polar surface area (TPSA) is 117 Å². The second-order valence-electron chi connectivity index (χ2n) is 6.34. The van der Waals surface area contributed by atoms with Gasteiger partial charge in [-0.3, -0.25) is 24.6 Å². The first-order chi connectivity index (χ1) is 12.3. The molecule has 9 heteroatoms. The van der Waals surface area contributed by atoms with Crippen LogP contribution in [0, 0.1) is 27.4 Å². The Labute approximate surface area is 150 Å². The van der Waals surface area contributed by atoms with E-state index in [1.807, 2.05) is 6.07 Å². The van der Waals surface area contributed by atoms with E-state index in [1.54, 1.807) is 20.9 Å². The number of ether oxygens (including phenoxy) is 1. The smallest absolute Gasteiger partial charge is 0.273 e. The first-order valence-corrected chi connectivity index (χ1v) is 8.13. The summed E-state index contributed by atoms with van der Waals surface area (Å²) in [4.78, 5) is 38.3. The first-order valence-electron chi connectivity index (χ1n) is 8.13. The molecule has 0 saturated heterocycles. The van der Waals surface area contributed by atoms with E-state index in [2.05, 4.69) is 0 Å². The molecule has 0 aliphatic carbocycles. The highest BCUT2D eigenvalue weighted by atomic mass is 16.6. The predicted molar refractivity (Wildman–Crippen MR) is 92.6 cm³/mol. The first kappa shape index (κ1) is 19.2. The Balaban J connectivity index is 2.35. The quantitative estimate of drug-likeness (QED) is 0.563. The molecular formula is C17H20N4O5.